The Morgan fingerprint density at radius 1 is 1.32 bits per heavy atom. The van der Waals surface area contributed by atoms with Crippen LogP contribution in [0.25, 0.3) is 5.52 Å². The molecular weight excluding hydrogens is 302 g/mol. The van der Waals surface area contributed by atoms with Crippen molar-refractivity contribution in [3.63, 3.8) is 0 Å². The molecule has 1 aliphatic heterocycles. The Labute approximate surface area is 122 Å². The highest BCUT2D eigenvalue weighted by Crippen LogP contribution is 2.20. The molecule has 3 heterocycles. The number of piperidine rings is 1. The Balaban J connectivity index is 1.69. The van der Waals surface area contributed by atoms with E-state index in [1.165, 1.54) is 25.9 Å². The molecule has 0 amide bonds. The fourth-order valence-electron chi connectivity index (χ4n) is 2.78. The number of nitrogens with zero attached hydrogens (tertiary/aromatic N) is 3. The highest BCUT2D eigenvalue weighted by atomic mass is 79.9. The number of likely N-dealkylation sites (tertiary alicyclic amines) is 1. The molecule has 0 spiro atoms. The van der Waals surface area contributed by atoms with Crippen molar-refractivity contribution in [2.24, 2.45) is 5.92 Å². The molecule has 0 saturated carbocycles. The monoisotopic (exact) mass is 321 g/mol. The van der Waals surface area contributed by atoms with Crippen LogP contribution in [-0.4, -0.2) is 33.9 Å². The van der Waals surface area contributed by atoms with Gasteiger partial charge < -0.3 is 9.30 Å². The Bertz CT molecular complexity index is 556. The minimum Gasteiger partial charge on any atom is -0.303 e. The highest BCUT2D eigenvalue weighted by molar-refractivity contribution is 9.10. The lowest BCUT2D eigenvalue weighted by Crippen LogP contribution is -2.34. The summed E-state index contributed by atoms with van der Waals surface area (Å²) in [5, 5.41) is 0. The zero-order chi connectivity index (χ0) is 13.2. The predicted molar refractivity (Wildman–Crippen MR) is 81.4 cm³/mol. The number of rotatable bonds is 3. The predicted octanol–water partition coefficient (Wildman–Crippen LogP) is 3.37. The molecule has 0 aromatic carbocycles. The molecule has 1 aliphatic rings. The number of halogens is 1. The van der Waals surface area contributed by atoms with Crippen LogP contribution in [0.5, 0.6) is 0 Å². The summed E-state index contributed by atoms with van der Waals surface area (Å²) in [7, 11) is 0. The van der Waals surface area contributed by atoms with E-state index in [1.807, 2.05) is 0 Å². The van der Waals surface area contributed by atoms with Crippen LogP contribution in [0.3, 0.4) is 0 Å². The van der Waals surface area contributed by atoms with Gasteiger partial charge in [0.2, 0.25) is 0 Å². The topological polar surface area (TPSA) is 20.5 Å². The van der Waals surface area contributed by atoms with E-state index in [9.17, 15) is 0 Å². The second kappa shape index (κ2) is 5.63. The van der Waals surface area contributed by atoms with Crippen LogP contribution in [0, 0.1) is 5.92 Å². The van der Waals surface area contributed by atoms with Crippen LogP contribution < -0.4 is 0 Å². The average molecular weight is 322 g/mol. The molecule has 1 fully saturated rings. The van der Waals surface area contributed by atoms with Gasteiger partial charge in [-0.25, -0.2) is 4.98 Å². The minimum atomic E-state index is 0.901. The molecule has 2 aromatic rings. The van der Waals surface area contributed by atoms with Crippen molar-refractivity contribution in [2.75, 3.05) is 19.6 Å². The maximum absolute atomic E-state index is 4.64. The van der Waals surface area contributed by atoms with Gasteiger partial charge in [-0.2, -0.15) is 0 Å². The molecule has 0 atom stereocenters. The Hall–Kier alpha value is -0.870. The molecule has 0 radical (unpaired) electrons. The molecule has 102 valence electrons. The standard InChI is InChI=1S/C15H20BrN3/c1-12-5-9-18(10-6-12)11-7-14-17-15(16)13-4-2-3-8-19(13)14/h2-4,8,12H,5-7,9-11H2,1H3. The van der Waals surface area contributed by atoms with Gasteiger partial charge in [0.15, 0.2) is 0 Å². The molecule has 3 nitrogen and oxygen atoms in total. The van der Waals surface area contributed by atoms with Gasteiger partial charge >= 0.3 is 0 Å². The van der Waals surface area contributed by atoms with Crippen LogP contribution in [0.15, 0.2) is 29.0 Å². The van der Waals surface area contributed by atoms with Gasteiger partial charge in [-0.15, -0.1) is 0 Å². The second-order valence-electron chi connectivity index (χ2n) is 5.55. The fraction of sp³-hybridized carbons (Fsp3) is 0.533. The van der Waals surface area contributed by atoms with Crippen LogP contribution in [0.4, 0.5) is 0 Å². The summed E-state index contributed by atoms with van der Waals surface area (Å²) in [6.45, 7) is 5.96. The summed E-state index contributed by atoms with van der Waals surface area (Å²) in [5.74, 6) is 2.05. The fourth-order valence-corrected chi connectivity index (χ4v) is 3.31. The third kappa shape index (κ3) is 2.84. The molecule has 0 bridgehead atoms. The third-order valence-corrected chi connectivity index (χ3v) is 4.69. The Morgan fingerprint density at radius 3 is 2.89 bits per heavy atom. The Kier molecular flexibility index (Phi) is 3.89. The van der Waals surface area contributed by atoms with E-state index in [0.717, 1.165) is 34.8 Å². The number of aromatic nitrogens is 2. The third-order valence-electron chi connectivity index (χ3n) is 4.10. The summed E-state index contributed by atoms with van der Waals surface area (Å²) >= 11 is 3.55. The molecule has 1 saturated heterocycles. The van der Waals surface area contributed by atoms with E-state index in [1.54, 1.807) is 0 Å². The quantitative estimate of drug-likeness (QED) is 0.864. The van der Waals surface area contributed by atoms with Crippen molar-refractivity contribution >= 4 is 21.4 Å². The molecule has 3 rings (SSSR count). The van der Waals surface area contributed by atoms with E-state index in [-0.39, 0.29) is 0 Å². The lowest BCUT2D eigenvalue weighted by atomic mass is 9.99. The molecule has 0 unspecified atom stereocenters. The van der Waals surface area contributed by atoms with Gasteiger partial charge in [-0.05, 0) is 59.9 Å². The van der Waals surface area contributed by atoms with Gasteiger partial charge in [0.1, 0.15) is 10.4 Å². The van der Waals surface area contributed by atoms with Crippen molar-refractivity contribution in [1.82, 2.24) is 14.3 Å². The van der Waals surface area contributed by atoms with E-state index >= 15 is 0 Å². The first kappa shape index (κ1) is 13.1. The van der Waals surface area contributed by atoms with Crippen molar-refractivity contribution in [3.8, 4) is 0 Å². The van der Waals surface area contributed by atoms with E-state index < -0.39 is 0 Å². The van der Waals surface area contributed by atoms with Crippen LogP contribution in [0.2, 0.25) is 0 Å². The van der Waals surface area contributed by atoms with Crippen LogP contribution >= 0.6 is 15.9 Å². The number of fused-ring (bicyclic) bond motifs is 1. The van der Waals surface area contributed by atoms with E-state index in [4.69, 9.17) is 0 Å². The number of pyridine rings is 1. The van der Waals surface area contributed by atoms with Gasteiger partial charge in [0.05, 0.1) is 5.52 Å². The first-order chi connectivity index (χ1) is 9.24. The van der Waals surface area contributed by atoms with E-state index in [2.05, 4.69) is 61.5 Å². The average Bonchev–Trinajstić information content (AvgIpc) is 2.76. The number of hydrogen-bond acceptors (Lipinski definition) is 2. The summed E-state index contributed by atoms with van der Waals surface area (Å²) in [6, 6.07) is 6.22. The second-order valence-corrected chi connectivity index (χ2v) is 6.30. The zero-order valence-corrected chi connectivity index (χ0v) is 12.9. The number of hydrogen-bond donors (Lipinski definition) is 0. The van der Waals surface area contributed by atoms with Gasteiger partial charge in [0.25, 0.3) is 0 Å². The molecule has 4 heteroatoms. The Morgan fingerprint density at radius 2 is 2.11 bits per heavy atom. The summed E-state index contributed by atoms with van der Waals surface area (Å²) < 4.78 is 3.15. The van der Waals surface area contributed by atoms with Crippen molar-refractivity contribution in [2.45, 2.75) is 26.2 Å². The lowest BCUT2D eigenvalue weighted by molar-refractivity contribution is 0.193. The largest absolute Gasteiger partial charge is 0.303 e. The maximum atomic E-state index is 4.64. The first-order valence-corrected chi connectivity index (χ1v) is 7.87. The first-order valence-electron chi connectivity index (χ1n) is 7.08. The lowest BCUT2D eigenvalue weighted by Gasteiger charge is -2.29. The molecular formula is C15H20BrN3. The van der Waals surface area contributed by atoms with E-state index in [0.29, 0.717) is 0 Å². The zero-order valence-electron chi connectivity index (χ0n) is 11.3. The normalized spacial score (nSPS) is 18.2. The molecule has 19 heavy (non-hydrogen) atoms. The molecule has 2 aromatic heterocycles. The smallest absolute Gasteiger partial charge is 0.132 e. The van der Waals surface area contributed by atoms with Gasteiger partial charge in [-0.3, -0.25) is 0 Å². The van der Waals surface area contributed by atoms with Crippen molar-refractivity contribution in [1.29, 1.82) is 0 Å². The van der Waals surface area contributed by atoms with Gasteiger partial charge in [0, 0.05) is 19.2 Å². The highest BCUT2D eigenvalue weighted by Gasteiger charge is 2.16. The van der Waals surface area contributed by atoms with Crippen molar-refractivity contribution in [3.05, 3.63) is 34.8 Å². The maximum Gasteiger partial charge on any atom is 0.132 e. The number of imidazole rings is 1. The summed E-state index contributed by atoms with van der Waals surface area (Å²) in [6.07, 6.45) is 5.80. The van der Waals surface area contributed by atoms with Crippen LogP contribution in [-0.2, 0) is 6.42 Å². The minimum absolute atomic E-state index is 0.901. The van der Waals surface area contributed by atoms with Gasteiger partial charge in [-0.1, -0.05) is 13.0 Å². The SMILES string of the molecule is CC1CCN(CCc2nc(Br)c3ccccn23)CC1. The van der Waals surface area contributed by atoms with Crippen LogP contribution in [0.1, 0.15) is 25.6 Å². The molecule has 0 N–H and O–H groups in total. The summed E-state index contributed by atoms with van der Waals surface area (Å²) in [5.41, 5.74) is 1.16. The summed E-state index contributed by atoms with van der Waals surface area (Å²) in [4.78, 5) is 7.21. The molecule has 0 aliphatic carbocycles. The van der Waals surface area contributed by atoms with Crippen molar-refractivity contribution < 1.29 is 0 Å².